The van der Waals surface area contributed by atoms with Gasteiger partial charge < -0.3 is 15.2 Å². The number of ether oxygens (including phenoxy) is 1. The maximum Gasteiger partial charge on any atom is 0.320 e. The first kappa shape index (κ1) is 13.5. The summed E-state index contributed by atoms with van der Waals surface area (Å²) < 4.78 is 4.93. The molecule has 1 fully saturated rings. The van der Waals surface area contributed by atoms with Crippen molar-refractivity contribution in [3.05, 3.63) is 0 Å². The molecule has 0 heterocycles. The highest BCUT2D eigenvalue weighted by Crippen LogP contribution is 2.25. The first-order valence-electron chi connectivity index (χ1n) is 6.21. The van der Waals surface area contributed by atoms with Gasteiger partial charge in [-0.2, -0.15) is 0 Å². The van der Waals surface area contributed by atoms with Crippen molar-refractivity contribution in [2.45, 2.75) is 44.6 Å². The Kier molecular flexibility index (Phi) is 6.42. The normalized spacial score (nSPS) is 20.3. The molecule has 16 heavy (non-hydrogen) atoms. The summed E-state index contributed by atoms with van der Waals surface area (Å²) in [5.41, 5.74) is 0. The van der Waals surface area contributed by atoms with Gasteiger partial charge in [0.15, 0.2) is 0 Å². The predicted octanol–water partition coefficient (Wildman–Crippen LogP) is 1.65. The van der Waals surface area contributed by atoms with Gasteiger partial charge in [-0.05, 0) is 18.8 Å². The second kappa shape index (κ2) is 7.63. The zero-order chi connectivity index (χ0) is 11.8. The van der Waals surface area contributed by atoms with Crippen molar-refractivity contribution in [2.24, 2.45) is 5.92 Å². The van der Waals surface area contributed by atoms with Gasteiger partial charge in [0.05, 0.1) is 6.61 Å². The fraction of sp³-hybridized carbons (Fsp3) is 0.917. The third-order valence-electron chi connectivity index (χ3n) is 3.31. The molecular formula is C12H23NO3. The molecule has 1 aliphatic rings. The highest BCUT2D eigenvalue weighted by Gasteiger charge is 2.27. The third kappa shape index (κ3) is 4.49. The number of carboxylic acids is 1. The molecule has 1 rings (SSSR count). The van der Waals surface area contributed by atoms with Crippen LogP contribution in [0.25, 0.3) is 0 Å². The van der Waals surface area contributed by atoms with Crippen LogP contribution >= 0.6 is 0 Å². The molecule has 0 aromatic heterocycles. The number of aliphatic carboxylic acids is 1. The minimum absolute atomic E-state index is 0.289. The quantitative estimate of drug-likeness (QED) is 0.537. The van der Waals surface area contributed by atoms with E-state index in [4.69, 9.17) is 4.74 Å². The molecule has 0 radical (unpaired) electrons. The van der Waals surface area contributed by atoms with Gasteiger partial charge in [0.25, 0.3) is 0 Å². The number of carbonyl (C=O) groups is 1. The van der Waals surface area contributed by atoms with E-state index >= 15 is 0 Å². The topological polar surface area (TPSA) is 58.6 Å². The summed E-state index contributed by atoms with van der Waals surface area (Å²) in [5, 5.41) is 12.3. The summed E-state index contributed by atoms with van der Waals surface area (Å²) >= 11 is 0. The second-order valence-corrected chi connectivity index (χ2v) is 4.51. The van der Waals surface area contributed by atoms with Gasteiger partial charge in [0, 0.05) is 13.7 Å². The summed E-state index contributed by atoms with van der Waals surface area (Å²) in [5.74, 6) is -0.431. The number of methoxy groups -OCH3 is 1. The van der Waals surface area contributed by atoms with Crippen LogP contribution in [0.4, 0.5) is 0 Å². The van der Waals surface area contributed by atoms with Crippen molar-refractivity contribution in [1.82, 2.24) is 5.32 Å². The SMILES string of the molecule is COCCNC(C(=O)O)C1CCCCCC1. The van der Waals surface area contributed by atoms with Gasteiger partial charge in [-0.1, -0.05) is 25.7 Å². The predicted molar refractivity (Wildman–Crippen MR) is 62.5 cm³/mol. The molecule has 0 aromatic rings. The van der Waals surface area contributed by atoms with Gasteiger partial charge in [-0.3, -0.25) is 4.79 Å². The molecule has 1 unspecified atom stereocenters. The van der Waals surface area contributed by atoms with Crippen LogP contribution in [0, 0.1) is 5.92 Å². The summed E-state index contributed by atoms with van der Waals surface area (Å²) in [6.07, 6.45) is 6.91. The van der Waals surface area contributed by atoms with Crippen molar-refractivity contribution >= 4 is 5.97 Å². The van der Waals surface area contributed by atoms with Crippen molar-refractivity contribution in [3.63, 3.8) is 0 Å². The lowest BCUT2D eigenvalue weighted by Gasteiger charge is -2.23. The Morgan fingerprint density at radius 1 is 1.38 bits per heavy atom. The number of hydrogen-bond acceptors (Lipinski definition) is 3. The van der Waals surface area contributed by atoms with Crippen LogP contribution in [0.15, 0.2) is 0 Å². The molecule has 0 spiro atoms. The Bertz CT molecular complexity index is 200. The first-order valence-corrected chi connectivity index (χ1v) is 6.21. The molecule has 94 valence electrons. The number of rotatable bonds is 6. The molecule has 0 aromatic carbocycles. The Morgan fingerprint density at radius 3 is 2.50 bits per heavy atom. The van der Waals surface area contributed by atoms with E-state index in [1.165, 1.54) is 25.7 Å². The minimum atomic E-state index is -0.719. The smallest absolute Gasteiger partial charge is 0.320 e. The molecule has 0 saturated heterocycles. The molecule has 1 saturated carbocycles. The first-order chi connectivity index (χ1) is 7.75. The third-order valence-corrected chi connectivity index (χ3v) is 3.31. The zero-order valence-corrected chi connectivity index (χ0v) is 10.1. The summed E-state index contributed by atoms with van der Waals surface area (Å²) in [6, 6.07) is -0.395. The molecule has 0 aliphatic heterocycles. The van der Waals surface area contributed by atoms with Gasteiger partial charge in [0.2, 0.25) is 0 Å². The number of nitrogens with one attached hydrogen (secondary N) is 1. The summed E-state index contributed by atoms with van der Waals surface area (Å²) in [7, 11) is 1.63. The largest absolute Gasteiger partial charge is 0.480 e. The van der Waals surface area contributed by atoms with Crippen LogP contribution in [0.1, 0.15) is 38.5 Å². The molecule has 4 nitrogen and oxygen atoms in total. The zero-order valence-electron chi connectivity index (χ0n) is 10.1. The van der Waals surface area contributed by atoms with Gasteiger partial charge in [-0.25, -0.2) is 0 Å². The Morgan fingerprint density at radius 2 is 2.00 bits per heavy atom. The second-order valence-electron chi connectivity index (χ2n) is 4.51. The average Bonchev–Trinajstić information content (AvgIpc) is 2.52. The molecule has 2 N–H and O–H groups in total. The van der Waals surface area contributed by atoms with Crippen molar-refractivity contribution < 1.29 is 14.6 Å². The van der Waals surface area contributed by atoms with E-state index in [0.717, 1.165) is 12.8 Å². The molecular weight excluding hydrogens is 206 g/mol. The van der Waals surface area contributed by atoms with E-state index in [2.05, 4.69) is 5.32 Å². The highest BCUT2D eigenvalue weighted by molar-refractivity contribution is 5.73. The van der Waals surface area contributed by atoms with Crippen LogP contribution in [0.5, 0.6) is 0 Å². The fourth-order valence-electron chi connectivity index (χ4n) is 2.42. The van der Waals surface area contributed by atoms with Gasteiger partial charge in [-0.15, -0.1) is 0 Å². The van der Waals surface area contributed by atoms with Crippen LogP contribution in [-0.2, 0) is 9.53 Å². The maximum atomic E-state index is 11.2. The number of carboxylic acid groups (broad SMARTS) is 1. The molecule has 4 heteroatoms. The van der Waals surface area contributed by atoms with Crippen molar-refractivity contribution in [1.29, 1.82) is 0 Å². The molecule has 0 amide bonds. The van der Waals surface area contributed by atoms with E-state index in [1.807, 2.05) is 0 Å². The van der Waals surface area contributed by atoms with Crippen LogP contribution in [0.2, 0.25) is 0 Å². The van der Waals surface area contributed by atoms with Gasteiger partial charge >= 0.3 is 5.97 Å². The lowest BCUT2D eigenvalue weighted by atomic mass is 9.92. The lowest BCUT2D eigenvalue weighted by Crippen LogP contribution is -2.44. The Labute approximate surface area is 97.4 Å². The highest BCUT2D eigenvalue weighted by atomic mass is 16.5. The minimum Gasteiger partial charge on any atom is -0.480 e. The standard InChI is InChI=1S/C12H23NO3/c1-16-9-8-13-11(12(14)15)10-6-4-2-3-5-7-10/h10-11,13H,2-9H2,1H3,(H,14,15). The van der Waals surface area contributed by atoms with Crippen LogP contribution in [-0.4, -0.2) is 37.4 Å². The monoisotopic (exact) mass is 229 g/mol. The van der Waals surface area contributed by atoms with Crippen LogP contribution in [0.3, 0.4) is 0 Å². The molecule has 1 atom stereocenters. The lowest BCUT2D eigenvalue weighted by molar-refractivity contribution is -0.141. The maximum absolute atomic E-state index is 11.2. The van der Waals surface area contributed by atoms with Crippen molar-refractivity contribution in [3.8, 4) is 0 Å². The van der Waals surface area contributed by atoms with Gasteiger partial charge in [0.1, 0.15) is 6.04 Å². The van der Waals surface area contributed by atoms with E-state index in [-0.39, 0.29) is 5.92 Å². The average molecular weight is 229 g/mol. The molecule has 0 bridgehead atoms. The van der Waals surface area contributed by atoms with E-state index < -0.39 is 12.0 Å². The van der Waals surface area contributed by atoms with E-state index in [9.17, 15) is 9.90 Å². The fourth-order valence-corrected chi connectivity index (χ4v) is 2.42. The summed E-state index contributed by atoms with van der Waals surface area (Å²) in [4.78, 5) is 11.2. The summed E-state index contributed by atoms with van der Waals surface area (Å²) in [6.45, 7) is 1.18. The number of hydrogen-bond donors (Lipinski definition) is 2. The van der Waals surface area contributed by atoms with E-state index in [0.29, 0.717) is 13.2 Å². The van der Waals surface area contributed by atoms with E-state index in [1.54, 1.807) is 7.11 Å². The van der Waals surface area contributed by atoms with Crippen molar-refractivity contribution in [2.75, 3.05) is 20.3 Å². The Balaban J connectivity index is 2.43. The Hall–Kier alpha value is -0.610. The van der Waals surface area contributed by atoms with Crippen LogP contribution < -0.4 is 5.32 Å². The molecule has 1 aliphatic carbocycles.